The summed E-state index contributed by atoms with van der Waals surface area (Å²) in [7, 11) is 0.0736. The molecule has 3 aliphatic rings. The summed E-state index contributed by atoms with van der Waals surface area (Å²) in [6.07, 6.45) is 5.65. The fourth-order valence-corrected chi connectivity index (χ4v) is 8.13. The van der Waals surface area contributed by atoms with Crippen LogP contribution >= 0.6 is 0 Å². The summed E-state index contributed by atoms with van der Waals surface area (Å²) in [5, 5.41) is 11.8. The minimum absolute atomic E-state index is 0.0860. The van der Waals surface area contributed by atoms with Crippen molar-refractivity contribution in [2.45, 2.75) is 62.3 Å². The van der Waals surface area contributed by atoms with Crippen LogP contribution in [0.2, 0.25) is 0 Å². The number of carbonyl (C=O) groups is 3. The van der Waals surface area contributed by atoms with Crippen LogP contribution in [-0.4, -0.2) is 92.0 Å². The van der Waals surface area contributed by atoms with Gasteiger partial charge in [0.15, 0.2) is 5.54 Å². The molecule has 2 fully saturated rings. The van der Waals surface area contributed by atoms with E-state index in [0.717, 1.165) is 38.5 Å². The third-order valence-corrected chi connectivity index (χ3v) is 10.8. The standard InChI is InChI=1S/C33H42N4O6S/c1-4-5-22-36-27-14-9-8-13-26(27)33(32(36)41)28(30(39)31(40)37(33)23-12-19-34(2)3)29(38)24-15-17-25(18-16-24)44(42,43)35-20-10-6-7-11-21-35/h8-9,13-18,38H,4-7,10-12,19-23H2,1-3H3/b29-28+. The molecule has 1 spiro atoms. The zero-order valence-electron chi connectivity index (χ0n) is 25.8. The maximum absolute atomic E-state index is 14.6. The van der Waals surface area contributed by atoms with Crippen molar-refractivity contribution in [2.24, 2.45) is 0 Å². The molecule has 2 amide bonds. The predicted molar refractivity (Wildman–Crippen MR) is 168 cm³/mol. The number of ketones is 1. The highest BCUT2D eigenvalue weighted by Crippen LogP contribution is 2.53. The quantitative estimate of drug-likeness (QED) is 0.242. The van der Waals surface area contributed by atoms with Gasteiger partial charge in [-0.15, -0.1) is 0 Å². The number of anilines is 1. The van der Waals surface area contributed by atoms with Crippen molar-refractivity contribution >= 4 is 39.1 Å². The topological polar surface area (TPSA) is 119 Å². The Morgan fingerprint density at radius 2 is 1.57 bits per heavy atom. The third kappa shape index (κ3) is 5.35. The number of hydrogen-bond donors (Lipinski definition) is 1. The minimum Gasteiger partial charge on any atom is -0.507 e. The van der Waals surface area contributed by atoms with Crippen molar-refractivity contribution in [1.82, 2.24) is 14.1 Å². The zero-order chi connectivity index (χ0) is 31.6. The van der Waals surface area contributed by atoms with Crippen LogP contribution in [0.1, 0.15) is 63.0 Å². The maximum Gasteiger partial charge on any atom is 0.296 e. The van der Waals surface area contributed by atoms with Gasteiger partial charge in [0.05, 0.1) is 16.2 Å². The van der Waals surface area contributed by atoms with Gasteiger partial charge in [0.1, 0.15) is 5.76 Å². The Morgan fingerprint density at radius 3 is 2.20 bits per heavy atom. The van der Waals surface area contributed by atoms with E-state index in [-0.39, 0.29) is 22.6 Å². The number of sulfonamides is 1. The highest BCUT2D eigenvalue weighted by atomic mass is 32.2. The van der Waals surface area contributed by atoms with E-state index in [9.17, 15) is 27.9 Å². The molecule has 1 unspecified atom stereocenters. The molecule has 5 rings (SSSR count). The number of benzene rings is 2. The van der Waals surface area contributed by atoms with Gasteiger partial charge in [-0.3, -0.25) is 14.4 Å². The van der Waals surface area contributed by atoms with Crippen molar-refractivity contribution in [1.29, 1.82) is 0 Å². The van der Waals surface area contributed by atoms with E-state index >= 15 is 0 Å². The van der Waals surface area contributed by atoms with Gasteiger partial charge in [0.2, 0.25) is 10.0 Å². The SMILES string of the molecule is CCCCN1C(=O)C2(/C(=C(/O)c3ccc(S(=O)(=O)N4CCCCCC4)cc3)C(=O)C(=O)N2CCCN(C)C)c2ccccc21. The molecule has 3 heterocycles. The van der Waals surface area contributed by atoms with Crippen molar-refractivity contribution in [3.8, 4) is 0 Å². The first-order valence-corrected chi connectivity index (χ1v) is 17.0. The summed E-state index contributed by atoms with van der Waals surface area (Å²) in [4.78, 5) is 47.1. The second-order valence-corrected chi connectivity index (χ2v) is 14.0. The Balaban J connectivity index is 1.63. The van der Waals surface area contributed by atoms with Gasteiger partial charge in [-0.2, -0.15) is 4.31 Å². The van der Waals surface area contributed by atoms with Crippen LogP contribution in [0.15, 0.2) is 59.0 Å². The van der Waals surface area contributed by atoms with E-state index in [1.807, 2.05) is 32.0 Å². The first-order valence-electron chi connectivity index (χ1n) is 15.5. The Morgan fingerprint density at radius 1 is 0.909 bits per heavy atom. The molecule has 44 heavy (non-hydrogen) atoms. The third-order valence-electron chi connectivity index (χ3n) is 8.86. The number of nitrogens with zero attached hydrogens (tertiary/aromatic N) is 4. The van der Waals surface area contributed by atoms with E-state index in [0.29, 0.717) is 43.9 Å². The number of para-hydroxylation sites is 1. The zero-order valence-corrected chi connectivity index (χ0v) is 26.6. The number of fused-ring (bicyclic) bond motifs is 2. The first-order chi connectivity index (χ1) is 21.1. The fraction of sp³-hybridized carbons (Fsp3) is 0.485. The average molecular weight is 623 g/mol. The van der Waals surface area contributed by atoms with E-state index in [4.69, 9.17) is 0 Å². The number of aliphatic hydroxyl groups is 1. The van der Waals surface area contributed by atoms with Gasteiger partial charge in [0.25, 0.3) is 17.6 Å². The van der Waals surface area contributed by atoms with E-state index in [2.05, 4.69) is 0 Å². The van der Waals surface area contributed by atoms with Gasteiger partial charge in [0, 0.05) is 37.3 Å². The van der Waals surface area contributed by atoms with E-state index in [1.54, 1.807) is 23.1 Å². The molecule has 0 radical (unpaired) electrons. The molecule has 1 N–H and O–H groups in total. The highest BCUT2D eigenvalue weighted by molar-refractivity contribution is 7.89. The molecule has 0 aliphatic carbocycles. The Kier molecular flexibility index (Phi) is 9.29. The second kappa shape index (κ2) is 12.8. The molecular weight excluding hydrogens is 580 g/mol. The molecular formula is C33H42N4O6S. The number of unbranched alkanes of at least 4 members (excludes halogenated alkanes) is 1. The van der Waals surface area contributed by atoms with E-state index < -0.39 is 38.9 Å². The Bertz CT molecular complexity index is 1560. The minimum atomic E-state index is -3.74. The van der Waals surface area contributed by atoms with Gasteiger partial charge >= 0.3 is 0 Å². The number of carbonyl (C=O) groups excluding carboxylic acids is 3. The lowest BCUT2D eigenvalue weighted by Gasteiger charge is -2.35. The van der Waals surface area contributed by atoms with Gasteiger partial charge in [-0.1, -0.05) is 44.4 Å². The van der Waals surface area contributed by atoms with Crippen molar-refractivity contribution in [3.63, 3.8) is 0 Å². The van der Waals surface area contributed by atoms with Gasteiger partial charge in [-0.25, -0.2) is 8.42 Å². The molecule has 10 nitrogen and oxygen atoms in total. The van der Waals surface area contributed by atoms with Crippen LogP contribution in [0, 0.1) is 0 Å². The first kappa shape index (κ1) is 31.9. The molecule has 1 atom stereocenters. The Labute approximate surface area is 260 Å². The molecule has 3 aliphatic heterocycles. The molecule has 2 aromatic carbocycles. The molecule has 2 saturated heterocycles. The number of hydrogen-bond acceptors (Lipinski definition) is 7. The van der Waals surface area contributed by atoms with Gasteiger partial charge < -0.3 is 19.8 Å². The van der Waals surface area contributed by atoms with Crippen LogP contribution in [0.25, 0.3) is 5.76 Å². The number of rotatable bonds is 10. The largest absolute Gasteiger partial charge is 0.507 e. The maximum atomic E-state index is 14.6. The number of Topliss-reactive ketones (excluding diaryl/α,β-unsaturated/α-hetero) is 1. The number of likely N-dealkylation sites (tertiary alicyclic amines) is 1. The molecule has 0 bridgehead atoms. The summed E-state index contributed by atoms with van der Waals surface area (Å²) >= 11 is 0. The monoisotopic (exact) mass is 622 g/mol. The average Bonchev–Trinajstić information content (AvgIpc) is 3.22. The summed E-state index contributed by atoms with van der Waals surface area (Å²) in [5.41, 5.74) is -0.872. The molecule has 236 valence electrons. The van der Waals surface area contributed by atoms with E-state index in [1.165, 1.54) is 33.5 Å². The fourth-order valence-electron chi connectivity index (χ4n) is 6.61. The highest BCUT2D eigenvalue weighted by Gasteiger charge is 2.66. The molecule has 0 saturated carbocycles. The molecule has 11 heteroatoms. The van der Waals surface area contributed by atoms with Crippen molar-refractivity contribution in [3.05, 3.63) is 65.2 Å². The second-order valence-electron chi connectivity index (χ2n) is 12.0. The van der Waals surface area contributed by atoms with Crippen LogP contribution in [0.5, 0.6) is 0 Å². The van der Waals surface area contributed by atoms with Crippen LogP contribution < -0.4 is 4.90 Å². The summed E-state index contributed by atoms with van der Waals surface area (Å²) in [6, 6.07) is 12.8. The summed E-state index contributed by atoms with van der Waals surface area (Å²) in [5.74, 6) is -2.73. The molecule has 2 aromatic rings. The van der Waals surface area contributed by atoms with Gasteiger partial charge in [-0.05, 0) is 76.7 Å². The van der Waals surface area contributed by atoms with Crippen LogP contribution in [0.4, 0.5) is 5.69 Å². The van der Waals surface area contributed by atoms with Crippen molar-refractivity contribution in [2.75, 3.05) is 51.7 Å². The van der Waals surface area contributed by atoms with Crippen LogP contribution in [-0.2, 0) is 29.9 Å². The normalized spacial score (nSPS) is 22.3. The Hall–Kier alpha value is -3.54. The van der Waals surface area contributed by atoms with Crippen LogP contribution in [0.3, 0.4) is 0 Å². The van der Waals surface area contributed by atoms with Crippen molar-refractivity contribution < 1.29 is 27.9 Å². The molecule has 0 aromatic heterocycles. The lowest BCUT2D eigenvalue weighted by atomic mass is 9.82. The lowest BCUT2D eigenvalue weighted by molar-refractivity contribution is -0.143. The summed E-state index contributed by atoms with van der Waals surface area (Å²) < 4.78 is 28.2. The predicted octanol–water partition coefficient (Wildman–Crippen LogP) is 3.93. The summed E-state index contributed by atoms with van der Waals surface area (Å²) in [6.45, 7) is 4.09. The smallest absolute Gasteiger partial charge is 0.296 e. The lowest BCUT2D eigenvalue weighted by Crippen LogP contribution is -2.52. The number of amides is 2. The number of aliphatic hydroxyl groups excluding tert-OH is 1.